The summed E-state index contributed by atoms with van der Waals surface area (Å²) in [6.07, 6.45) is -0.504. The highest BCUT2D eigenvalue weighted by Gasteiger charge is 2.24. The van der Waals surface area contributed by atoms with Gasteiger partial charge in [0.1, 0.15) is 0 Å². The van der Waals surface area contributed by atoms with E-state index in [2.05, 4.69) is 20.1 Å². The molecule has 0 amide bonds. The Balaban J connectivity index is 1.80. The molecule has 0 spiro atoms. The zero-order chi connectivity index (χ0) is 24.8. The fraction of sp³-hybridized carbons (Fsp3) is 0.333. The zero-order valence-electron chi connectivity index (χ0n) is 18.6. The molecule has 0 radical (unpaired) electrons. The molecule has 0 aliphatic carbocycles. The topological polar surface area (TPSA) is 151 Å². The van der Waals surface area contributed by atoms with E-state index in [1.165, 1.54) is 0 Å². The van der Waals surface area contributed by atoms with Crippen LogP contribution in [0, 0.1) is 0 Å². The summed E-state index contributed by atoms with van der Waals surface area (Å²) < 4.78 is 9.00. The van der Waals surface area contributed by atoms with Crippen molar-refractivity contribution < 1.29 is 38.9 Å². The van der Waals surface area contributed by atoms with Gasteiger partial charge in [-0.3, -0.25) is 9.59 Å². The number of aliphatic hydroxyl groups excluding tert-OH is 2. The molecule has 0 saturated heterocycles. The number of esters is 4. The largest absolute Gasteiger partial charge is 0.425 e. The molecule has 2 aromatic rings. The molecule has 0 aliphatic rings. The molecule has 10 nitrogen and oxygen atoms in total. The number of rotatable bonds is 12. The number of nitrogens with one attached hydrogen (secondary N) is 2. The van der Waals surface area contributed by atoms with Crippen molar-refractivity contribution >= 4 is 23.9 Å². The fourth-order valence-corrected chi connectivity index (χ4v) is 3.02. The van der Waals surface area contributed by atoms with Crippen molar-refractivity contribution in [2.24, 2.45) is 0 Å². The van der Waals surface area contributed by atoms with E-state index in [4.69, 9.17) is 10.2 Å². The smallest absolute Gasteiger partial charge is 0.395 e. The summed E-state index contributed by atoms with van der Waals surface area (Å²) in [6.45, 7) is 1.82. The first-order valence-corrected chi connectivity index (χ1v) is 10.7. The lowest BCUT2D eigenvalue weighted by Gasteiger charge is -2.07. The van der Waals surface area contributed by atoms with Gasteiger partial charge in [-0.05, 0) is 22.3 Å². The standard InChI is InChI=1S/C24H28N2O8/c27-9-7-25-15-19-5-1-3-17(11-19)13-21(29)33-23(31)24(32)34-22(30)14-18-4-2-6-20(12-18)16-26-8-10-28/h1-6,11-12,25-28H,7-10,13-16H2. The van der Waals surface area contributed by atoms with Gasteiger partial charge in [-0.15, -0.1) is 0 Å². The highest BCUT2D eigenvalue weighted by molar-refractivity contribution is 6.33. The van der Waals surface area contributed by atoms with Crippen molar-refractivity contribution in [2.45, 2.75) is 25.9 Å². The molecule has 0 unspecified atom stereocenters. The molecule has 4 N–H and O–H groups in total. The Bertz CT molecular complexity index is 913. The maximum absolute atomic E-state index is 12.0. The normalized spacial score (nSPS) is 10.5. The second kappa shape index (κ2) is 14.7. The van der Waals surface area contributed by atoms with Gasteiger partial charge in [0, 0.05) is 26.2 Å². The maximum Gasteiger partial charge on any atom is 0.425 e. The second-order valence-corrected chi connectivity index (χ2v) is 7.32. The first-order chi connectivity index (χ1) is 16.4. The van der Waals surface area contributed by atoms with Crippen LogP contribution in [0.4, 0.5) is 0 Å². The third-order valence-corrected chi connectivity index (χ3v) is 4.49. The fourth-order valence-electron chi connectivity index (χ4n) is 3.02. The van der Waals surface area contributed by atoms with Gasteiger partial charge in [-0.2, -0.15) is 0 Å². The van der Waals surface area contributed by atoms with Gasteiger partial charge in [-0.1, -0.05) is 48.5 Å². The van der Waals surface area contributed by atoms with Gasteiger partial charge in [0.25, 0.3) is 0 Å². The Morgan fingerprint density at radius 3 is 1.41 bits per heavy atom. The van der Waals surface area contributed by atoms with Crippen LogP contribution in [0.25, 0.3) is 0 Å². The number of aliphatic hydroxyl groups is 2. The Labute approximate surface area is 196 Å². The Morgan fingerprint density at radius 2 is 1.03 bits per heavy atom. The van der Waals surface area contributed by atoms with Crippen molar-refractivity contribution in [3.05, 3.63) is 70.8 Å². The summed E-state index contributed by atoms with van der Waals surface area (Å²) in [5.74, 6) is -5.06. The quantitative estimate of drug-likeness (QED) is 0.141. The molecular weight excluding hydrogens is 444 g/mol. The number of ether oxygens (including phenoxy) is 2. The van der Waals surface area contributed by atoms with Gasteiger partial charge < -0.3 is 30.3 Å². The minimum absolute atomic E-state index is 0.00201. The third kappa shape index (κ3) is 10.0. The van der Waals surface area contributed by atoms with Gasteiger partial charge in [-0.25, -0.2) is 9.59 Å². The Kier molecular flexibility index (Phi) is 11.6. The van der Waals surface area contributed by atoms with E-state index in [0.717, 1.165) is 11.1 Å². The van der Waals surface area contributed by atoms with Crippen molar-refractivity contribution in [1.29, 1.82) is 0 Å². The summed E-state index contributed by atoms with van der Waals surface area (Å²) in [5, 5.41) is 23.6. The number of hydrogen-bond acceptors (Lipinski definition) is 10. The van der Waals surface area contributed by atoms with Crippen molar-refractivity contribution in [1.82, 2.24) is 10.6 Å². The highest BCUT2D eigenvalue weighted by atomic mass is 16.6. The monoisotopic (exact) mass is 472 g/mol. The molecular formula is C24H28N2O8. The van der Waals surface area contributed by atoms with E-state index >= 15 is 0 Å². The molecule has 10 heteroatoms. The SMILES string of the molecule is O=C(Cc1cccc(CNCCO)c1)OC(=O)C(=O)OC(=O)Cc1cccc(CNCCO)c1. The van der Waals surface area contributed by atoms with Crippen LogP contribution in [0.2, 0.25) is 0 Å². The van der Waals surface area contributed by atoms with Gasteiger partial charge in [0.2, 0.25) is 0 Å². The van der Waals surface area contributed by atoms with Crippen LogP contribution < -0.4 is 10.6 Å². The van der Waals surface area contributed by atoms with Gasteiger partial charge >= 0.3 is 23.9 Å². The average molecular weight is 472 g/mol. The molecule has 182 valence electrons. The number of hydrogen-bond donors (Lipinski definition) is 4. The maximum atomic E-state index is 12.0. The van der Waals surface area contributed by atoms with Crippen molar-refractivity contribution in [2.75, 3.05) is 26.3 Å². The molecule has 2 aromatic carbocycles. The summed E-state index contributed by atoms with van der Waals surface area (Å²) in [4.78, 5) is 47.7. The molecule has 0 aliphatic heterocycles. The van der Waals surface area contributed by atoms with Crippen LogP contribution in [0.3, 0.4) is 0 Å². The lowest BCUT2D eigenvalue weighted by atomic mass is 10.1. The van der Waals surface area contributed by atoms with Gasteiger partial charge in [0.05, 0.1) is 26.1 Å². The molecule has 0 heterocycles. The van der Waals surface area contributed by atoms with E-state index in [9.17, 15) is 19.2 Å². The lowest BCUT2D eigenvalue weighted by Crippen LogP contribution is -2.27. The Morgan fingerprint density at radius 1 is 0.647 bits per heavy atom. The second-order valence-electron chi connectivity index (χ2n) is 7.32. The van der Waals surface area contributed by atoms with Crippen LogP contribution in [0.5, 0.6) is 0 Å². The zero-order valence-corrected chi connectivity index (χ0v) is 18.6. The van der Waals surface area contributed by atoms with Gasteiger partial charge in [0.15, 0.2) is 0 Å². The molecule has 0 fully saturated rings. The molecule has 2 rings (SSSR count). The van der Waals surface area contributed by atoms with E-state index in [1.54, 1.807) is 36.4 Å². The van der Waals surface area contributed by atoms with E-state index in [0.29, 0.717) is 37.3 Å². The number of carbonyl (C=O) groups is 4. The minimum atomic E-state index is -1.57. The lowest BCUT2D eigenvalue weighted by molar-refractivity contribution is -0.177. The highest BCUT2D eigenvalue weighted by Crippen LogP contribution is 2.09. The summed E-state index contributed by atoms with van der Waals surface area (Å²) in [5.41, 5.74) is 2.87. The van der Waals surface area contributed by atoms with Crippen molar-refractivity contribution in [3.8, 4) is 0 Å². The average Bonchev–Trinajstić information content (AvgIpc) is 2.79. The third-order valence-electron chi connectivity index (χ3n) is 4.49. The molecule has 0 atom stereocenters. The molecule has 0 aromatic heterocycles. The predicted octanol–water partition coefficient (Wildman–Crippen LogP) is -0.225. The number of benzene rings is 2. The molecule has 0 saturated carbocycles. The molecule has 34 heavy (non-hydrogen) atoms. The first kappa shape index (κ1) is 26.8. The first-order valence-electron chi connectivity index (χ1n) is 10.7. The van der Waals surface area contributed by atoms with E-state index in [1.807, 2.05) is 12.1 Å². The van der Waals surface area contributed by atoms with Crippen LogP contribution in [-0.2, 0) is 54.6 Å². The minimum Gasteiger partial charge on any atom is -0.395 e. The van der Waals surface area contributed by atoms with Crippen LogP contribution in [0.1, 0.15) is 22.3 Å². The summed E-state index contributed by atoms with van der Waals surface area (Å²) >= 11 is 0. The Hall–Kier alpha value is -3.44. The summed E-state index contributed by atoms with van der Waals surface area (Å²) in [7, 11) is 0. The van der Waals surface area contributed by atoms with Crippen LogP contribution in [0.15, 0.2) is 48.5 Å². The van der Waals surface area contributed by atoms with Crippen molar-refractivity contribution in [3.63, 3.8) is 0 Å². The summed E-state index contributed by atoms with van der Waals surface area (Å²) in [6, 6.07) is 13.9. The van der Waals surface area contributed by atoms with E-state index < -0.39 is 23.9 Å². The van der Waals surface area contributed by atoms with E-state index in [-0.39, 0.29) is 26.1 Å². The molecule has 0 bridgehead atoms. The van der Waals surface area contributed by atoms with Crippen LogP contribution in [-0.4, -0.2) is 60.4 Å². The van der Waals surface area contributed by atoms with Crippen LogP contribution >= 0.6 is 0 Å². The number of carbonyl (C=O) groups excluding carboxylic acids is 4. The predicted molar refractivity (Wildman–Crippen MR) is 120 cm³/mol.